The molecule has 3 heterocycles. The first kappa shape index (κ1) is 14.0. The molecule has 0 spiro atoms. The highest BCUT2D eigenvalue weighted by Crippen LogP contribution is 2.31. The van der Waals surface area contributed by atoms with E-state index in [-0.39, 0.29) is 5.56 Å². The minimum absolute atomic E-state index is 0.172. The molecule has 3 aromatic rings. The second kappa shape index (κ2) is 5.42. The van der Waals surface area contributed by atoms with Crippen LogP contribution in [0.2, 0.25) is 0 Å². The van der Waals surface area contributed by atoms with Gasteiger partial charge in [-0.1, -0.05) is 0 Å². The van der Waals surface area contributed by atoms with Crippen LogP contribution in [0, 0.1) is 6.92 Å². The molecule has 3 rings (SSSR count). The van der Waals surface area contributed by atoms with Gasteiger partial charge >= 0.3 is 5.97 Å². The Bertz CT molecular complexity index is 808. The Kier molecular flexibility index (Phi) is 3.60. The fourth-order valence-electron chi connectivity index (χ4n) is 1.93. The Hall–Kier alpha value is -1.99. The van der Waals surface area contributed by atoms with E-state index in [1.54, 1.807) is 12.3 Å². The first-order chi connectivity index (χ1) is 10.1. The summed E-state index contributed by atoms with van der Waals surface area (Å²) in [6.45, 7) is 1.94. The number of hydrogen-bond donors (Lipinski definition) is 1. The summed E-state index contributed by atoms with van der Waals surface area (Å²) in [5, 5.41) is 15.7. The van der Waals surface area contributed by atoms with Crippen molar-refractivity contribution < 1.29 is 9.90 Å². The second-order valence-electron chi connectivity index (χ2n) is 4.41. The molecule has 0 saturated carbocycles. The Labute approximate surface area is 133 Å². The number of pyridine rings is 1. The first-order valence-corrected chi connectivity index (χ1v) is 7.73. The van der Waals surface area contributed by atoms with Crippen LogP contribution < -0.4 is 0 Å². The number of hydrogen-bond acceptors (Lipinski definition) is 4. The molecule has 0 aliphatic carbocycles. The number of aromatic nitrogens is 3. The largest absolute Gasteiger partial charge is 0.478 e. The minimum Gasteiger partial charge on any atom is -0.478 e. The van der Waals surface area contributed by atoms with Crippen LogP contribution in [-0.4, -0.2) is 25.8 Å². The van der Waals surface area contributed by atoms with Gasteiger partial charge in [0.1, 0.15) is 11.3 Å². The van der Waals surface area contributed by atoms with Crippen molar-refractivity contribution in [3.8, 4) is 16.4 Å². The van der Waals surface area contributed by atoms with E-state index in [2.05, 4.69) is 26.0 Å². The van der Waals surface area contributed by atoms with Crippen molar-refractivity contribution in [2.75, 3.05) is 0 Å². The summed E-state index contributed by atoms with van der Waals surface area (Å²) < 4.78 is 2.34. The molecular weight excluding hydrogens is 354 g/mol. The summed E-state index contributed by atoms with van der Waals surface area (Å²) in [6, 6.07) is 5.55. The molecule has 0 fully saturated rings. The predicted octanol–water partition coefficient (Wildman–Crippen LogP) is 3.76. The van der Waals surface area contributed by atoms with E-state index < -0.39 is 5.97 Å². The number of aryl methyl sites for hydroxylation is 1. The van der Waals surface area contributed by atoms with E-state index >= 15 is 0 Å². The van der Waals surface area contributed by atoms with Crippen LogP contribution in [-0.2, 0) is 0 Å². The zero-order valence-corrected chi connectivity index (χ0v) is 13.3. The summed E-state index contributed by atoms with van der Waals surface area (Å²) in [4.78, 5) is 16.5. The summed E-state index contributed by atoms with van der Waals surface area (Å²) in [7, 11) is 0. The lowest BCUT2D eigenvalue weighted by Crippen LogP contribution is -1.97. The molecule has 0 unspecified atom stereocenters. The van der Waals surface area contributed by atoms with Gasteiger partial charge in [-0.25, -0.2) is 14.5 Å². The van der Waals surface area contributed by atoms with Gasteiger partial charge in [-0.15, -0.1) is 11.3 Å². The van der Waals surface area contributed by atoms with Gasteiger partial charge in [-0.3, -0.25) is 0 Å². The van der Waals surface area contributed by atoms with Crippen LogP contribution >= 0.6 is 27.3 Å². The maximum atomic E-state index is 11.5. The fraction of sp³-hybridized carbons (Fsp3) is 0.0714. The number of nitrogens with zero attached hydrogens (tertiary/aromatic N) is 3. The Morgan fingerprint density at radius 2 is 2.19 bits per heavy atom. The summed E-state index contributed by atoms with van der Waals surface area (Å²) >= 11 is 4.80. The molecule has 1 N–H and O–H groups in total. The van der Waals surface area contributed by atoms with Crippen LogP contribution in [0.25, 0.3) is 16.4 Å². The molecule has 5 nitrogen and oxygen atoms in total. The topological polar surface area (TPSA) is 68.0 Å². The third kappa shape index (κ3) is 2.62. The predicted molar refractivity (Wildman–Crippen MR) is 84.1 cm³/mol. The zero-order chi connectivity index (χ0) is 15.0. The average molecular weight is 364 g/mol. The number of carbonyl (C=O) groups is 1. The minimum atomic E-state index is -0.999. The van der Waals surface area contributed by atoms with Crippen LogP contribution in [0.3, 0.4) is 0 Å². The summed E-state index contributed by atoms with van der Waals surface area (Å²) in [5.74, 6) is -0.428. The van der Waals surface area contributed by atoms with Crippen molar-refractivity contribution in [3.63, 3.8) is 0 Å². The van der Waals surface area contributed by atoms with E-state index in [4.69, 9.17) is 0 Å². The van der Waals surface area contributed by atoms with Crippen LogP contribution in [0.1, 0.15) is 15.9 Å². The first-order valence-electron chi connectivity index (χ1n) is 6.05. The Balaban J connectivity index is 2.15. The third-order valence-corrected chi connectivity index (χ3v) is 4.46. The number of halogens is 1. The van der Waals surface area contributed by atoms with E-state index in [1.807, 2.05) is 24.4 Å². The van der Waals surface area contributed by atoms with Gasteiger partial charge < -0.3 is 5.11 Å². The van der Waals surface area contributed by atoms with Gasteiger partial charge in [0.25, 0.3) is 0 Å². The van der Waals surface area contributed by atoms with Crippen LogP contribution in [0.5, 0.6) is 0 Å². The molecule has 106 valence electrons. The van der Waals surface area contributed by atoms with Gasteiger partial charge in [0, 0.05) is 16.9 Å². The van der Waals surface area contributed by atoms with E-state index in [1.165, 1.54) is 22.2 Å². The molecule has 0 atom stereocenters. The lowest BCUT2D eigenvalue weighted by atomic mass is 10.2. The quantitative estimate of drug-likeness (QED) is 0.768. The molecule has 7 heteroatoms. The molecule has 0 aliphatic rings. The number of carboxylic acids is 1. The van der Waals surface area contributed by atoms with Crippen molar-refractivity contribution >= 4 is 33.2 Å². The molecule has 21 heavy (non-hydrogen) atoms. The third-order valence-electron chi connectivity index (χ3n) is 2.97. The maximum absolute atomic E-state index is 11.5. The van der Waals surface area contributed by atoms with Crippen molar-refractivity contribution in [1.29, 1.82) is 0 Å². The highest BCUT2D eigenvalue weighted by molar-refractivity contribution is 9.10. The van der Waals surface area contributed by atoms with E-state index in [0.29, 0.717) is 11.5 Å². The maximum Gasteiger partial charge on any atom is 0.339 e. The zero-order valence-electron chi connectivity index (χ0n) is 10.9. The van der Waals surface area contributed by atoms with E-state index in [9.17, 15) is 9.90 Å². The summed E-state index contributed by atoms with van der Waals surface area (Å²) in [6.07, 6.45) is 3.14. The SMILES string of the molecule is Cc1ccsc1-c1nn(-c2ccc(Br)cn2)cc1C(=O)O. The number of rotatable bonds is 3. The highest BCUT2D eigenvalue weighted by atomic mass is 79.9. The Morgan fingerprint density at radius 1 is 1.38 bits per heavy atom. The van der Waals surface area contributed by atoms with Crippen molar-refractivity contribution in [2.24, 2.45) is 0 Å². The van der Waals surface area contributed by atoms with Crippen LogP contribution in [0.4, 0.5) is 0 Å². The molecule has 0 aliphatic heterocycles. The highest BCUT2D eigenvalue weighted by Gasteiger charge is 2.20. The Morgan fingerprint density at radius 3 is 2.76 bits per heavy atom. The standard InChI is InChI=1S/C14H10BrN3O2S/c1-8-4-5-21-13(8)12-10(14(19)20)7-18(17-12)11-3-2-9(15)6-16-11/h2-7H,1H3,(H,19,20). The molecule has 0 amide bonds. The number of carboxylic acid groups (broad SMARTS) is 1. The van der Waals surface area contributed by atoms with Gasteiger partial charge in [0.15, 0.2) is 5.82 Å². The average Bonchev–Trinajstić information content (AvgIpc) is 3.05. The van der Waals surface area contributed by atoms with Gasteiger partial charge in [-0.2, -0.15) is 5.10 Å². The van der Waals surface area contributed by atoms with Gasteiger partial charge in [0.05, 0.1) is 4.88 Å². The van der Waals surface area contributed by atoms with Crippen molar-refractivity contribution in [1.82, 2.24) is 14.8 Å². The molecule has 0 aromatic carbocycles. The number of aromatic carboxylic acids is 1. The second-order valence-corrected chi connectivity index (χ2v) is 6.24. The summed E-state index contributed by atoms with van der Waals surface area (Å²) in [5.41, 5.74) is 1.65. The van der Waals surface area contributed by atoms with Crippen molar-refractivity contribution in [3.05, 3.63) is 51.6 Å². The van der Waals surface area contributed by atoms with Crippen LogP contribution in [0.15, 0.2) is 40.4 Å². The molecular formula is C14H10BrN3O2S. The van der Waals surface area contributed by atoms with Crippen molar-refractivity contribution in [2.45, 2.75) is 6.92 Å². The lowest BCUT2D eigenvalue weighted by Gasteiger charge is -1.99. The molecule has 0 bridgehead atoms. The monoisotopic (exact) mass is 363 g/mol. The molecule has 3 aromatic heterocycles. The molecule has 0 saturated heterocycles. The number of thiophene rings is 1. The smallest absolute Gasteiger partial charge is 0.339 e. The normalized spacial score (nSPS) is 10.8. The lowest BCUT2D eigenvalue weighted by molar-refractivity contribution is 0.0697. The molecule has 0 radical (unpaired) electrons. The van der Waals surface area contributed by atoms with Gasteiger partial charge in [0.2, 0.25) is 0 Å². The van der Waals surface area contributed by atoms with Gasteiger partial charge in [-0.05, 0) is 52.0 Å². The van der Waals surface area contributed by atoms with E-state index in [0.717, 1.165) is 14.9 Å². The fourth-order valence-corrected chi connectivity index (χ4v) is 3.09.